The molecule has 7 heteroatoms. The van der Waals surface area contributed by atoms with Crippen molar-refractivity contribution in [1.29, 1.82) is 0 Å². The smallest absolute Gasteiger partial charge is 0.192 e. The summed E-state index contributed by atoms with van der Waals surface area (Å²) in [6.07, 6.45) is 3.27. The monoisotopic (exact) mass is 641 g/mol. The van der Waals surface area contributed by atoms with Gasteiger partial charge in [0.1, 0.15) is 12.2 Å². The molecule has 1 aliphatic carbocycles. The first-order chi connectivity index (χ1) is 20.5. The minimum atomic E-state index is -2.14. The number of rotatable bonds is 14. The highest BCUT2D eigenvalue weighted by Gasteiger charge is 2.50. The lowest BCUT2D eigenvalue weighted by Crippen LogP contribution is -2.55. The van der Waals surface area contributed by atoms with E-state index in [2.05, 4.69) is 141 Å². The van der Waals surface area contributed by atoms with Gasteiger partial charge in [0.05, 0.1) is 25.4 Å². The van der Waals surface area contributed by atoms with Gasteiger partial charge >= 0.3 is 0 Å². The first kappa shape index (κ1) is 37.1. The van der Waals surface area contributed by atoms with Crippen molar-refractivity contribution in [2.75, 3.05) is 6.54 Å². The second kappa shape index (κ2) is 16.0. The third-order valence-corrected chi connectivity index (χ3v) is 19.1. The second-order valence-electron chi connectivity index (χ2n) is 15.8. The zero-order chi connectivity index (χ0) is 32.6. The van der Waals surface area contributed by atoms with Gasteiger partial charge in [0.2, 0.25) is 0 Å². The highest BCUT2D eigenvalue weighted by atomic mass is 28.4. The molecule has 0 aliphatic heterocycles. The predicted octanol–water partition coefficient (Wildman–Crippen LogP) is 9.49. The topological polar surface area (TPSA) is 49.0 Å². The molecule has 0 amide bonds. The number of unbranched alkanes of at least 4 members (excludes halogenated alkanes) is 1. The minimum Gasteiger partial charge on any atom is -0.411 e. The fourth-order valence-corrected chi connectivity index (χ4v) is 7.96. The molecule has 3 rings (SSSR count). The summed E-state index contributed by atoms with van der Waals surface area (Å²) in [6, 6.07) is 21.2. The first-order valence-corrected chi connectivity index (χ1v) is 22.8. The van der Waals surface area contributed by atoms with E-state index in [-0.39, 0.29) is 40.5 Å². The maximum absolute atomic E-state index is 7.34. The summed E-state index contributed by atoms with van der Waals surface area (Å²) in [5, 5.41) is 4.07. The summed E-state index contributed by atoms with van der Waals surface area (Å²) in [6.45, 7) is 27.6. The van der Waals surface area contributed by atoms with Gasteiger partial charge in [0, 0.05) is 6.04 Å². The second-order valence-corrected chi connectivity index (χ2v) is 25.3. The van der Waals surface area contributed by atoms with Gasteiger partial charge in [0.25, 0.3) is 0 Å². The van der Waals surface area contributed by atoms with Crippen molar-refractivity contribution >= 4 is 16.6 Å². The number of nitrogens with one attached hydrogen (secondary N) is 1. The molecule has 1 N–H and O–H groups in total. The standard InChI is InChI=1S/C37H63NO4Si2/c1-12-13-24-38-31-25-32(41-43(8,9)36(2,3)4)34(39-27-29-20-16-14-17-21-29)35(40-28-30-22-18-15-19-23-30)33(26-31)42-44(10,11)37(5,6)7/h14-23,31-35,38H,12-13,24-28H2,1-11H3/t32-,33-,34-,35-/m1/s1. The predicted molar refractivity (Wildman–Crippen MR) is 190 cm³/mol. The van der Waals surface area contributed by atoms with Crippen LogP contribution < -0.4 is 5.32 Å². The van der Waals surface area contributed by atoms with Gasteiger partial charge in [-0.2, -0.15) is 0 Å². The zero-order valence-electron chi connectivity index (χ0n) is 29.7. The van der Waals surface area contributed by atoms with Crippen LogP contribution in [0, 0.1) is 0 Å². The fraction of sp³-hybridized carbons (Fsp3) is 0.676. The highest BCUT2D eigenvalue weighted by Crippen LogP contribution is 2.43. The fourth-order valence-electron chi connectivity index (χ4n) is 5.28. The molecular weight excluding hydrogens is 579 g/mol. The maximum atomic E-state index is 7.34. The highest BCUT2D eigenvalue weighted by molar-refractivity contribution is 6.74. The Labute approximate surface area is 272 Å². The zero-order valence-corrected chi connectivity index (χ0v) is 31.7. The van der Waals surface area contributed by atoms with Crippen molar-refractivity contribution in [2.24, 2.45) is 0 Å². The summed E-state index contributed by atoms with van der Waals surface area (Å²) in [5.74, 6) is 0. The van der Waals surface area contributed by atoms with E-state index in [4.69, 9.17) is 18.3 Å². The van der Waals surface area contributed by atoms with Crippen LogP contribution >= 0.6 is 0 Å². The normalized spacial score (nSPS) is 23.8. The van der Waals surface area contributed by atoms with Crippen LogP contribution in [0.1, 0.15) is 85.3 Å². The van der Waals surface area contributed by atoms with E-state index in [1.54, 1.807) is 0 Å². The van der Waals surface area contributed by atoms with E-state index in [1.807, 2.05) is 0 Å². The molecule has 2 aromatic carbocycles. The summed E-state index contributed by atoms with van der Waals surface area (Å²) in [4.78, 5) is 0. The van der Waals surface area contributed by atoms with Gasteiger partial charge in [-0.15, -0.1) is 0 Å². The molecule has 44 heavy (non-hydrogen) atoms. The average molecular weight is 642 g/mol. The Bertz CT molecular complexity index is 1010. The molecule has 248 valence electrons. The molecule has 0 heterocycles. The Balaban J connectivity index is 2.10. The van der Waals surface area contributed by atoms with Gasteiger partial charge in [-0.3, -0.25) is 0 Å². The number of benzene rings is 2. The summed E-state index contributed by atoms with van der Waals surface area (Å²) < 4.78 is 28.7. The molecule has 0 radical (unpaired) electrons. The van der Waals surface area contributed by atoms with Gasteiger partial charge < -0.3 is 23.6 Å². The minimum absolute atomic E-state index is 0.0753. The SMILES string of the molecule is CCCCNC1C[C@@H](O[Si](C)(C)C(C)(C)C)[C@@H](OCc2ccccc2)[C@H](OCc2ccccc2)[C@H](O[Si](C)(C)C(C)(C)C)C1. The maximum Gasteiger partial charge on any atom is 0.192 e. The third kappa shape index (κ3) is 10.6. The molecule has 2 aromatic rings. The number of ether oxygens (including phenoxy) is 2. The van der Waals surface area contributed by atoms with Crippen molar-refractivity contribution in [2.45, 2.75) is 154 Å². The Hall–Kier alpha value is -1.33. The molecule has 4 atom stereocenters. The van der Waals surface area contributed by atoms with E-state index in [9.17, 15) is 0 Å². The lowest BCUT2D eigenvalue weighted by Gasteiger charge is -2.44. The van der Waals surface area contributed by atoms with Crippen molar-refractivity contribution in [1.82, 2.24) is 5.32 Å². The molecular formula is C37H63NO4Si2. The molecule has 1 fully saturated rings. The van der Waals surface area contributed by atoms with Crippen LogP contribution in [-0.2, 0) is 31.5 Å². The van der Waals surface area contributed by atoms with Crippen LogP contribution in [0.3, 0.4) is 0 Å². The first-order valence-electron chi connectivity index (χ1n) is 16.9. The van der Waals surface area contributed by atoms with Crippen LogP contribution in [0.4, 0.5) is 0 Å². The molecule has 1 aliphatic rings. The van der Waals surface area contributed by atoms with Gasteiger partial charge in [-0.1, -0.05) is 116 Å². The van der Waals surface area contributed by atoms with E-state index in [1.165, 1.54) is 6.42 Å². The van der Waals surface area contributed by atoms with E-state index < -0.39 is 16.6 Å². The van der Waals surface area contributed by atoms with E-state index in [0.29, 0.717) is 13.2 Å². The van der Waals surface area contributed by atoms with Gasteiger partial charge in [0.15, 0.2) is 16.6 Å². The van der Waals surface area contributed by atoms with Crippen LogP contribution in [0.15, 0.2) is 60.7 Å². The molecule has 1 saturated carbocycles. The van der Waals surface area contributed by atoms with Crippen molar-refractivity contribution in [3.63, 3.8) is 0 Å². The largest absolute Gasteiger partial charge is 0.411 e. The summed E-state index contributed by atoms with van der Waals surface area (Å²) >= 11 is 0. The van der Waals surface area contributed by atoms with Crippen molar-refractivity contribution in [3.8, 4) is 0 Å². The molecule has 0 saturated heterocycles. The lowest BCUT2D eigenvalue weighted by atomic mass is 10.0. The Morgan fingerprint density at radius 1 is 0.659 bits per heavy atom. The Morgan fingerprint density at radius 3 is 1.39 bits per heavy atom. The number of hydrogen-bond donors (Lipinski definition) is 1. The van der Waals surface area contributed by atoms with E-state index in [0.717, 1.165) is 36.9 Å². The van der Waals surface area contributed by atoms with Crippen LogP contribution in [0.5, 0.6) is 0 Å². The molecule has 0 aromatic heterocycles. The molecule has 5 nitrogen and oxygen atoms in total. The van der Waals surface area contributed by atoms with E-state index >= 15 is 0 Å². The third-order valence-electron chi connectivity index (χ3n) is 10.1. The van der Waals surface area contributed by atoms with Crippen molar-refractivity contribution < 1.29 is 18.3 Å². The Morgan fingerprint density at radius 2 is 1.05 bits per heavy atom. The lowest BCUT2D eigenvalue weighted by molar-refractivity contribution is -0.153. The van der Waals surface area contributed by atoms with Gasteiger partial charge in [-0.25, -0.2) is 0 Å². The van der Waals surface area contributed by atoms with Crippen LogP contribution in [0.2, 0.25) is 36.3 Å². The van der Waals surface area contributed by atoms with Crippen molar-refractivity contribution in [3.05, 3.63) is 71.8 Å². The number of hydrogen-bond acceptors (Lipinski definition) is 5. The van der Waals surface area contributed by atoms with Crippen LogP contribution in [0.25, 0.3) is 0 Å². The average Bonchev–Trinajstić information content (AvgIpc) is 3.06. The van der Waals surface area contributed by atoms with Gasteiger partial charge in [-0.05, 0) is 73.2 Å². The summed E-state index contributed by atoms with van der Waals surface area (Å²) in [7, 11) is -4.29. The molecule has 0 spiro atoms. The molecule has 0 bridgehead atoms. The van der Waals surface area contributed by atoms with Crippen LogP contribution in [-0.4, -0.2) is 53.6 Å². The Kier molecular flexibility index (Phi) is 13.5. The summed E-state index contributed by atoms with van der Waals surface area (Å²) in [5.41, 5.74) is 2.31. The quantitative estimate of drug-likeness (QED) is 0.127. The molecule has 0 unspecified atom stereocenters.